The summed E-state index contributed by atoms with van der Waals surface area (Å²) in [7, 11) is 1.40. The maximum atomic E-state index is 12.3. The molecule has 1 heterocycles. The smallest absolute Gasteiger partial charge is 0.323 e. The van der Waals surface area contributed by atoms with Crippen LogP contribution in [0, 0.1) is 11.3 Å². The van der Waals surface area contributed by atoms with Crippen LogP contribution >= 0.6 is 0 Å². The summed E-state index contributed by atoms with van der Waals surface area (Å²) < 4.78 is 18.2. The van der Waals surface area contributed by atoms with Crippen molar-refractivity contribution in [1.82, 2.24) is 10.6 Å². The zero-order valence-corrected chi connectivity index (χ0v) is 16.0. The van der Waals surface area contributed by atoms with Crippen LogP contribution in [-0.2, 0) is 19.1 Å². The molecule has 0 aromatic rings. The minimum atomic E-state index is -0.600. The van der Waals surface area contributed by atoms with E-state index >= 15 is 0 Å². The lowest BCUT2D eigenvalue weighted by atomic mass is 9.82. The molecule has 0 radical (unpaired) electrons. The number of ether oxygens (including phenoxy) is 2. The molecule has 0 aliphatic carbocycles. The minimum absolute atomic E-state index is 0.111. The van der Waals surface area contributed by atoms with Crippen LogP contribution in [0.3, 0.4) is 0 Å². The Morgan fingerprint density at radius 1 is 1.38 bits per heavy atom. The summed E-state index contributed by atoms with van der Waals surface area (Å²) in [5, 5.41) is 4.68. The largest absolute Gasteiger partial charge is 0.469 e. The lowest BCUT2D eigenvalue weighted by molar-refractivity contribution is -0.159. The summed E-state index contributed by atoms with van der Waals surface area (Å²) in [5.41, 5.74) is -1.11. The van der Waals surface area contributed by atoms with Crippen LogP contribution in [0.25, 0.3) is 0 Å². The molecule has 1 saturated heterocycles. The Kier molecular flexibility index (Phi) is 7.04. The number of methoxy groups -OCH3 is 1. The lowest BCUT2D eigenvalue weighted by Gasteiger charge is -2.28. The van der Waals surface area contributed by atoms with Gasteiger partial charge in [0, 0.05) is 6.54 Å². The van der Waals surface area contributed by atoms with E-state index in [9.17, 15) is 9.59 Å². The van der Waals surface area contributed by atoms with E-state index in [0.29, 0.717) is 32.5 Å². The Morgan fingerprint density at radius 3 is 2.50 bits per heavy atom. The molecule has 1 rings (SSSR count). The van der Waals surface area contributed by atoms with Crippen molar-refractivity contribution in [1.29, 1.82) is 0 Å². The van der Waals surface area contributed by atoms with E-state index in [-0.39, 0.29) is 23.9 Å². The monoisotopic (exact) mass is 344 g/mol. The van der Waals surface area contributed by atoms with E-state index in [2.05, 4.69) is 5.32 Å². The number of hydrogen-bond acceptors (Lipinski definition) is 6. The molecule has 0 amide bonds. The van der Waals surface area contributed by atoms with E-state index in [1.807, 2.05) is 34.6 Å². The molecule has 24 heavy (non-hydrogen) atoms. The highest BCUT2D eigenvalue weighted by molar-refractivity contribution is 5.77. The van der Waals surface area contributed by atoms with Gasteiger partial charge in [0.1, 0.15) is 13.1 Å². The molecule has 2 atom stereocenters. The molecular formula is C18H34N2O4. The van der Waals surface area contributed by atoms with Gasteiger partial charge in [-0.25, -0.2) is 0 Å². The molecule has 2 N–H and O–H groups in total. The van der Waals surface area contributed by atoms with Gasteiger partial charge in [-0.05, 0) is 59.0 Å². The Morgan fingerprint density at radius 2 is 2.04 bits per heavy atom. The van der Waals surface area contributed by atoms with Crippen molar-refractivity contribution in [2.75, 3.05) is 26.7 Å². The summed E-state index contributed by atoms with van der Waals surface area (Å²) in [6.07, 6.45) is 2.01. The molecule has 0 bridgehead atoms. The van der Waals surface area contributed by atoms with Crippen LogP contribution in [0.4, 0.5) is 0 Å². The fourth-order valence-corrected chi connectivity index (χ4v) is 3.00. The zero-order chi connectivity index (χ0) is 19.3. The van der Waals surface area contributed by atoms with Crippen LogP contribution in [-0.4, -0.2) is 50.3 Å². The summed E-state index contributed by atoms with van der Waals surface area (Å²) in [4.78, 5) is 24.5. The topological polar surface area (TPSA) is 76.7 Å². The average Bonchev–Trinajstić information content (AvgIpc) is 2.86. The maximum Gasteiger partial charge on any atom is 0.323 e. The van der Waals surface area contributed by atoms with Gasteiger partial charge in [-0.1, -0.05) is 13.8 Å². The van der Waals surface area contributed by atoms with E-state index in [4.69, 9.17) is 10.9 Å². The van der Waals surface area contributed by atoms with Crippen LogP contribution < -0.4 is 10.6 Å². The SMILES string of the molecule is [3H]N1CCC(CCCN[C@H](C(=O)OC(C)(C)C)C(C)C)(C(=O)OC)C1. The molecule has 6 nitrogen and oxygen atoms in total. The summed E-state index contributed by atoms with van der Waals surface area (Å²) in [5.74, 6) is -0.377. The molecule has 0 aromatic heterocycles. The third kappa shape index (κ3) is 6.06. The number of hydrogen-bond donors (Lipinski definition) is 2. The van der Waals surface area contributed by atoms with Crippen molar-refractivity contribution in [3.8, 4) is 0 Å². The first-order chi connectivity index (χ1) is 11.5. The molecular weight excluding hydrogens is 308 g/mol. The van der Waals surface area contributed by atoms with Gasteiger partial charge >= 0.3 is 11.9 Å². The molecule has 0 saturated carbocycles. The second-order valence-electron chi connectivity index (χ2n) is 7.94. The quantitative estimate of drug-likeness (QED) is 0.517. The normalized spacial score (nSPS) is 23.9. The van der Waals surface area contributed by atoms with Crippen LogP contribution in [0.1, 0.15) is 53.9 Å². The van der Waals surface area contributed by atoms with E-state index in [0.717, 1.165) is 6.42 Å². The van der Waals surface area contributed by atoms with Crippen LogP contribution in [0.2, 0.25) is 1.41 Å². The highest BCUT2D eigenvalue weighted by Gasteiger charge is 2.41. The molecule has 1 aliphatic rings. The fraction of sp³-hybridized carbons (Fsp3) is 0.889. The summed E-state index contributed by atoms with van der Waals surface area (Å²) in [6.45, 7) is 11.1. The van der Waals surface area contributed by atoms with Gasteiger partial charge in [0.15, 0.2) is 0 Å². The van der Waals surface area contributed by atoms with Gasteiger partial charge in [0.25, 0.3) is 0 Å². The van der Waals surface area contributed by atoms with Gasteiger partial charge in [-0.15, -0.1) is 0 Å². The highest BCUT2D eigenvalue weighted by Crippen LogP contribution is 2.32. The van der Waals surface area contributed by atoms with E-state index in [1.54, 1.807) is 0 Å². The fourth-order valence-electron chi connectivity index (χ4n) is 3.00. The number of carbonyl (C=O) groups excluding carboxylic acids is 2. The predicted octanol–water partition coefficient (Wildman–Crippen LogP) is 1.88. The molecule has 0 aromatic carbocycles. The first-order valence-electron chi connectivity index (χ1n) is 9.24. The Bertz CT molecular complexity index is 464. The lowest BCUT2D eigenvalue weighted by Crippen LogP contribution is -2.45. The maximum absolute atomic E-state index is 12.3. The van der Waals surface area contributed by atoms with Gasteiger partial charge in [0.2, 0.25) is 0 Å². The van der Waals surface area contributed by atoms with Gasteiger partial charge in [0.05, 0.1) is 12.5 Å². The zero-order valence-electron chi connectivity index (χ0n) is 17.0. The summed E-state index contributed by atoms with van der Waals surface area (Å²) in [6, 6.07) is -0.371. The summed E-state index contributed by atoms with van der Waals surface area (Å²) >= 11 is 0. The van der Waals surface area contributed by atoms with Gasteiger partial charge in [-0.3, -0.25) is 9.59 Å². The average molecular weight is 344 g/mol. The van der Waals surface area contributed by atoms with Crippen molar-refractivity contribution in [3.05, 3.63) is 0 Å². The number of nitrogens with one attached hydrogen (secondary N) is 2. The van der Waals surface area contributed by atoms with Crippen molar-refractivity contribution in [2.45, 2.75) is 65.5 Å². The molecule has 1 unspecified atom stereocenters. The molecule has 1 aliphatic heterocycles. The molecule has 1 fully saturated rings. The second kappa shape index (κ2) is 8.81. The second-order valence-corrected chi connectivity index (χ2v) is 7.94. The van der Waals surface area contributed by atoms with Gasteiger partial charge in [-0.2, -0.15) is 0 Å². The number of carbonyl (C=O) groups is 2. The molecule has 0 spiro atoms. The minimum Gasteiger partial charge on any atom is -0.469 e. The van der Waals surface area contributed by atoms with Crippen LogP contribution in [0.5, 0.6) is 0 Å². The Hall–Kier alpha value is -1.14. The first-order valence-corrected chi connectivity index (χ1v) is 8.79. The Labute approximate surface area is 147 Å². The molecule has 140 valence electrons. The van der Waals surface area contributed by atoms with Crippen molar-refractivity contribution < 1.29 is 20.5 Å². The van der Waals surface area contributed by atoms with Gasteiger partial charge < -0.3 is 20.1 Å². The van der Waals surface area contributed by atoms with Crippen molar-refractivity contribution in [2.24, 2.45) is 11.3 Å². The van der Waals surface area contributed by atoms with E-state index in [1.165, 1.54) is 12.4 Å². The Balaban J connectivity index is 2.55. The molecule has 6 heteroatoms. The first kappa shape index (κ1) is 19.2. The number of esters is 2. The standard InChI is InChI=1S/C18H34N2O4/c1-13(2)14(15(21)24-17(3,4)5)20-10-7-8-18(16(22)23-6)9-11-19-12-18/h13-14,19-20H,7-12H2,1-6H3/t14-,18?/m0/s1/i/hT. The van der Waals surface area contributed by atoms with E-state index < -0.39 is 11.0 Å². The van der Waals surface area contributed by atoms with Crippen LogP contribution in [0.15, 0.2) is 0 Å². The third-order valence-corrected chi connectivity index (χ3v) is 4.31. The van der Waals surface area contributed by atoms with Crippen molar-refractivity contribution in [3.63, 3.8) is 0 Å². The third-order valence-electron chi connectivity index (χ3n) is 4.31. The highest BCUT2D eigenvalue weighted by atomic mass is 16.6. The van der Waals surface area contributed by atoms with Crippen molar-refractivity contribution >= 4 is 11.9 Å². The predicted molar refractivity (Wildman–Crippen MR) is 93.6 cm³/mol. The number of rotatable bonds is 8.